The maximum Gasteiger partial charge on any atom is 0.250 e. The second kappa shape index (κ2) is 5.85. The molecule has 0 bridgehead atoms. The van der Waals surface area contributed by atoms with E-state index >= 15 is 0 Å². The van der Waals surface area contributed by atoms with E-state index in [0.29, 0.717) is 0 Å². The predicted octanol–water partition coefficient (Wildman–Crippen LogP) is 7.53. The molecule has 0 saturated heterocycles. The summed E-state index contributed by atoms with van der Waals surface area (Å²) in [5, 5.41) is 7.78. The molecule has 26 heavy (non-hydrogen) atoms. The average molecular weight is 359 g/mol. The number of rotatable bonds is 2. The number of fused-ring (bicyclic) bond motifs is 5. The normalized spacial score (nSPS) is 12.8. The van der Waals surface area contributed by atoms with Crippen molar-refractivity contribution in [2.24, 2.45) is 0 Å². The molecule has 4 aromatic carbocycles. The Morgan fingerprint density at radius 3 is 1.92 bits per heavy atom. The van der Waals surface area contributed by atoms with Gasteiger partial charge in [-0.25, -0.2) is 0 Å². The molecule has 0 aliphatic heterocycles. The second-order valence-electron chi connectivity index (χ2n) is 8.67. The molecule has 1 nitrogen and oxygen atoms in total. The summed E-state index contributed by atoms with van der Waals surface area (Å²) < 4.78 is 6.78. The van der Waals surface area contributed by atoms with Crippen LogP contribution in [0.3, 0.4) is 0 Å². The van der Waals surface area contributed by atoms with Gasteiger partial charge in [-0.2, -0.15) is 0 Å². The standard InChI is InChI=1S/C24H26OSi/c1-24(2,3)26(4,5)25-22-16-18-11-7-9-13-20(18)23-19-12-8-6-10-17(19)14-15-21(22)23/h6-16H,1-5H3. The summed E-state index contributed by atoms with van der Waals surface area (Å²) in [6.07, 6.45) is 0. The van der Waals surface area contributed by atoms with E-state index in [4.69, 9.17) is 4.43 Å². The van der Waals surface area contributed by atoms with Crippen LogP contribution < -0.4 is 4.43 Å². The lowest BCUT2D eigenvalue weighted by atomic mass is 9.96. The highest BCUT2D eigenvalue weighted by molar-refractivity contribution is 6.74. The van der Waals surface area contributed by atoms with Gasteiger partial charge in [0, 0.05) is 10.8 Å². The first kappa shape index (κ1) is 17.1. The van der Waals surface area contributed by atoms with E-state index in [1.165, 1.54) is 32.3 Å². The zero-order valence-corrected chi connectivity index (χ0v) is 17.3. The van der Waals surface area contributed by atoms with Gasteiger partial charge in [0.05, 0.1) is 0 Å². The summed E-state index contributed by atoms with van der Waals surface area (Å²) in [5.41, 5.74) is 0. The molecule has 0 aromatic heterocycles. The number of hydrogen-bond donors (Lipinski definition) is 0. The summed E-state index contributed by atoms with van der Waals surface area (Å²) >= 11 is 0. The van der Waals surface area contributed by atoms with Gasteiger partial charge in [0.2, 0.25) is 0 Å². The van der Waals surface area contributed by atoms with E-state index in [-0.39, 0.29) is 5.04 Å². The fraction of sp³-hybridized carbons (Fsp3) is 0.250. The smallest absolute Gasteiger partial charge is 0.250 e. The molecule has 0 radical (unpaired) electrons. The lowest BCUT2D eigenvalue weighted by Gasteiger charge is -2.37. The van der Waals surface area contributed by atoms with Crippen molar-refractivity contribution >= 4 is 40.6 Å². The molecule has 0 heterocycles. The Morgan fingerprint density at radius 1 is 0.692 bits per heavy atom. The fourth-order valence-corrected chi connectivity index (χ4v) is 4.37. The predicted molar refractivity (Wildman–Crippen MR) is 117 cm³/mol. The third-order valence-electron chi connectivity index (χ3n) is 5.88. The molecule has 2 heteroatoms. The first-order chi connectivity index (χ1) is 12.3. The Balaban J connectivity index is 2.09. The van der Waals surface area contributed by atoms with Gasteiger partial charge in [0.25, 0.3) is 8.32 Å². The van der Waals surface area contributed by atoms with Crippen LogP contribution in [0.4, 0.5) is 0 Å². The SMILES string of the molecule is CC(C)(C)[Si](C)(C)Oc1cc2ccccc2c2c1ccc1ccccc12. The minimum Gasteiger partial charge on any atom is -0.543 e. The summed E-state index contributed by atoms with van der Waals surface area (Å²) in [6, 6.07) is 23.9. The van der Waals surface area contributed by atoms with Gasteiger partial charge in [0.1, 0.15) is 5.75 Å². The highest BCUT2D eigenvalue weighted by Crippen LogP contribution is 2.42. The maximum atomic E-state index is 6.78. The lowest BCUT2D eigenvalue weighted by Crippen LogP contribution is -2.43. The van der Waals surface area contributed by atoms with Gasteiger partial charge in [-0.3, -0.25) is 0 Å². The summed E-state index contributed by atoms with van der Waals surface area (Å²) in [7, 11) is -1.92. The Bertz CT molecular complexity index is 1100. The van der Waals surface area contributed by atoms with Crippen molar-refractivity contribution in [2.75, 3.05) is 0 Å². The topological polar surface area (TPSA) is 9.23 Å². The largest absolute Gasteiger partial charge is 0.543 e. The molecule has 0 N–H and O–H groups in total. The van der Waals surface area contributed by atoms with Gasteiger partial charge in [-0.1, -0.05) is 81.4 Å². The molecule has 0 unspecified atom stereocenters. The molecule has 0 atom stereocenters. The number of benzene rings is 4. The minimum absolute atomic E-state index is 0.168. The number of hydrogen-bond acceptors (Lipinski definition) is 1. The van der Waals surface area contributed by atoms with E-state index in [0.717, 1.165) is 5.75 Å². The molecule has 0 spiro atoms. The van der Waals surface area contributed by atoms with Crippen molar-refractivity contribution in [3.05, 3.63) is 66.7 Å². The van der Waals surface area contributed by atoms with Crippen molar-refractivity contribution in [2.45, 2.75) is 38.9 Å². The molecular formula is C24H26OSi. The van der Waals surface area contributed by atoms with E-state index in [1.54, 1.807) is 0 Å². The van der Waals surface area contributed by atoms with Crippen molar-refractivity contribution in [3.8, 4) is 5.75 Å². The third kappa shape index (κ3) is 2.69. The van der Waals surface area contributed by atoms with Crippen LogP contribution in [0.1, 0.15) is 20.8 Å². The van der Waals surface area contributed by atoms with Gasteiger partial charge >= 0.3 is 0 Å². The van der Waals surface area contributed by atoms with Gasteiger partial charge in [0.15, 0.2) is 0 Å². The quantitative estimate of drug-likeness (QED) is 0.266. The van der Waals surface area contributed by atoms with Crippen LogP contribution >= 0.6 is 0 Å². The molecule has 0 fully saturated rings. The van der Waals surface area contributed by atoms with Gasteiger partial charge in [-0.05, 0) is 45.7 Å². The van der Waals surface area contributed by atoms with Crippen molar-refractivity contribution in [3.63, 3.8) is 0 Å². The van der Waals surface area contributed by atoms with Crippen LogP contribution in [0.25, 0.3) is 32.3 Å². The highest BCUT2D eigenvalue weighted by Gasteiger charge is 2.39. The van der Waals surface area contributed by atoms with Crippen molar-refractivity contribution in [1.29, 1.82) is 0 Å². The summed E-state index contributed by atoms with van der Waals surface area (Å²) in [6.45, 7) is 11.5. The van der Waals surface area contributed by atoms with E-state index in [1.807, 2.05) is 0 Å². The fourth-order valence-electron chi connectivity index (χ4n) is 3.35. The Labute approximate surface area is 156 Å². The minimum atomic E-state index is -1.92. The van der Waals surface area contributed by atoms with Crippen LogP contribution in [0.2, 0.25) is 18.1 Å². The van der Waals surface area contributed by atoms with Crippen LogP contribution in [0.5, 0.6) is 5.75 Å². The molecule has 0 saturated carbocycles. The molecule has 0 aliphatic rings. The van der Waals surface area contributed by atoms with Crippen LogP contribution in [-0.2, 0) is 0 Å². The Morgan fingerprint density at radius 2 is 1.27 bits per heavy atom. The van der Waals surface area contributed by atoms with Crippen molar-refractivity contribution < 1.29 is 4.43 Å². The average Bonchev–Trinajstić information content (AvgIpc) is 2.60. The van der Waals surface area contributed by atoms with E-state index in [9.17, 15) is 0 Å². The molecule has 132 valence electrons. The molecule has 0 amide bonds. The molecule has 4 rings (SSSR count). The Hall–Kier alpha value is -2.32. The first-order valence-electron chi connectivity index (χ1n) is 9.30. The highest BCUT2D eigenvalue weighted by atomic mass is 28.4. The van der Waals surface area contributed by atoms with Gasteiger partial charge in [-0.15, -0.1) is 0 Å². The zero-order valence-electron chi connectivity index (χ0n) is 16.3. The van der Waals surface area contributed by atoms with Crippen LogP contribution in [-0.4, -0.2) is 8.32 Å². The zero-order chi connectivity index (χ0) is 18.5. The Kier molecular flexibility index (Phi) is 3.85. The van der Waals surface area contributed by atoms with E-state index < -0.39 is 8.32 Å². The van der Waals surface area contributed by atoms with Crippen molar-refractivity contribution in [1.82, 2.24) is 0 Å². The molecular weight excluding hydrogens is 332 g/mol. The van der Waals surface area contributed by atoms with Crippen LogP contribution in [0.15, 0.2) is 66.7 Å². The molecule has 0 aliphatic carbocycles. The first-order valence-corrected chi connectivity index (χ1v) is 12.2. The summed E-state index contributed by atoms with van der Waals surface area (Å²) in [4.78, 5) is 0. The van der Waals surface area contributed by atoms with Crippen LogP contribution in [0, 0.1) is 0 Å². The summed E-state index contributed by atoms with van der Waals surface area (Å²) in [5.74, 6) is 1.02. The molecule has 4 aromatic rings. The second-order valence-corrected chi connectivity index (χ2v) is 13.4. The third-order valence-corrected chi connectivity index (χ3v) is 10.2. The maximum absolute atomic E-state index is 6.78. The monoisotopic (exact) mass is 358 g/mol. The van der Waals surface area contributed by atoms with E-state index in [2.05, 4.69) is 101 Å². The lowest BCUT2D eigenvalue weighted by molar-refractivity contribution is 0.497. The van der Waals surface area contributed by atoms with Gasteiger partial charge < -0.3 is 4.43 Å².